The highest BCUT2D eigenvalue weighted by atomic mass is 32.2. The maximum atomic E-state index is 12.2. The van der Waals surface area contributed by atoms with Crippen LogP contribution in [0.3, 0.4) is 0 Å². The second-order valence-electron chi connectivity index (χ2n) is 5.55. The van der Waals surface area contributed by atoms with Gasteiger partial charge < -0.3 is 5.32 Å². The van der Waals surface area contributed by atoms with E-state index in [1.807, 2.05) is 13.8 Å². The Balaban J connectivity index is 2.33. The van der Waals surface area contributed by atoms with Crippen molar-refractivity contribution >= 4 is 21.4 Å². The van der Waals surface area contributed by atoms with Crippen LogP contribution >= 0.6 is 0 Å². The molecule has 0 saturated heterocycles. The number of rotatable bonds is 5. The molecule has 0 bridgehead atoms. The number of hydrogen-bond donors (Lipinski definition) is 2. The first-order valence-electron chi connectivity index (χ1n) is 6.16. The summed E-state index contributed by atoms with van der Waals surface area (Å²) in [6.07, 6.45) is 0.767. The number of hydrogen-bond acceptors (Lipinski definition) is 5. The van der Waals surface area contributed by atoms with Gasteiger partial charge in [0.15, 0.2) is 0 Å². The molecule has 8 heteroatoms. The van der Waals surface area contributed by atoms with E-state index in [0.717, 1.165) is 12.5 Å². The van der Waals surface area contributed by atoms with Crippen LogP contribution in [0.4, 0.5) is 11.4 Å². The van der Waals surface area contributed by atoms with Gasteiger partial charge in [-0.2, -0.15) is 0 Å². The number of sulfonamides is 1. The summed E-state index contributed by atoms with van der Waals surface area (Å²) in [7, 11) is -2.19. The van der Waals surface area contributed by atoms with Crippen LogP contribution in [-0.4, -0.2) is 26.4 Å². The topological polar surface area (TPSA) is 101 Å². The summed E-state index contributed by atoms with van der Waals surface area (Å²) in [5.41, 5.74) is -0.0321. The van der Waals surface area contributed by atoms with E-state index in [1.54, 1.807) is 7.05 Å². The van der Waals surface area contributed by atoms with Crippen LogP contribution < -0.4 is 10.0 Å². The van der Waals surface area contributed by atoms with Crippen LogP contribution in [-0.2, 0) is 10.0 Å². The van der Waals surface area contributed by atoms with E-state index < -0.39 is 14.9 Å². The number of nitro benzene ring substituents is 1. The lowest BCUT2D eigenvalue weighted by Gasteiger charge is -2.09. The van der Waals surface area contributed by atoms with Crippen molar-refractivity contribution in [1.82, 2.24) is 4.72 Å². The van der Waals surface area contributed by atoms with Gasteiger partial charge in [-0.15, -0.1) is 0 Å². The fourth-order valence-corrected chi connectivity index (χ4v) is 3.39. The molecule has 1 fully saturated rings. The quantitative estimate of drug-likeness (QED) is 0.636. The predicted molar refractivity (Wildman–Crippen MR) is 75.2 cm³/mol. The normalized spacial score (nSPS) is 20.4. The smallest absolute Gasteiger partial charge is 0.293 e. The first kappa shape index (κ1) is 14.7. The highest BCUT2D eigenvalue weighted by Crippen LogP contribution is 2.45. The van der Waals surface area contributed by atoms with E-state index in [-0.39, 0.29) is 27.7 Å². The monoisotopic (exact) mass is 299 g/mol. The van der Waals surface area contributed by atoms with E-state index in [9.17, 15) is 18.5 Å². The lowest BCUT2D eigenvalue weighted by Crippen LogP contribution is -2.28. The third kappa shape index (κ3) is 2.75. The highest BCUT2D eigenvalue weighted by Gasteiger charge is 2.48. The molecule has 0 radical (unpaired) electrons. The molecule has 0 amide bonds. The first-order valence-corrected chi connectivity index (χ1v) is 7.64. The molecule has 1 aliphatic carbocycles. The van der Waals surface area contributed by atoms with Crippen molar-refractivity contribution < 1.29 is 13.3 Å². The maximum Gasteiger partial charge on any atom is 0.293 e. The molecule has 1 saturated carbocycles. The summed E-state index contributed by atoms with van der Waals surface area (Å²) < 4.78 is 27.0. The van der Waals surface area contributed by atoms with Crippen LogP contribution in [0.25, 0.3) is 0 Å². The molecular weight excluding hydrogens is 282 g/mol. The molecule has 1 aliphatic rings. The number of nitrogens with one attached hydrogen (secondary N) is 2. The van der Waals surface area contributed by atoms with Crippen LogP contribution in [0.2, 0.25) is 0 Å². The predicted octanol–water partition coefficient (Wildman–Crippen LogP) is 1.71. The van der Waals surface area contributed by atoms with Gasteiger partial charge in [0.2, 0.25) is 10.0 Å². The number of nitrogens with zero attached hydrogens (tertiary/aromatic N) is 1. The van der Waals surface area contributed by atoms with Crippen LogP contribution in [0.15, 0.2) is 23.1 Å². The molecule has 0 spiro atoms. The molecule has 7 nitrogen and oxygen atoms in total. The summed E-state index contributed by atoms with van der Waals surface area (Å²) in [4.78, 5) is 10.3. The minimum atomic E-state index is -3.73. The third-order valence-electron chi connectivity index (χ3n) is 3.56. The van der Waals surface area contributed by atoms with Gasteiger partial charge in [-0.3, -0.25) is 10.1 Å². The third-order valence-corrected chi connectivity index (χ3v) is 5.03. The van der Waals surface area contributed by atoms with Crippen molar-refractivity contribution in [3.05, 3.63) is 28.3 Å². The standard InChI is InChI=1S/C12H17N3O4S/c1-12(2)7-11(12)14-20(18,19)8-4-5-9(13-3)10(6-8)15(16)17/h4-6,11,13-14H,7H2,1-3H3. The summed E-state index contributed by atoms with van der Waals surface area (Å²) in [6, 6.07) is 3.71. The zero-order chi connectivity index (χ0) is 15.1. The maximum absolute atomic E-state index is 12.2. The Bertz CT molecular complexity index is 655. The summed E-state index contributed by atoms with van der Waals surface area (Å²) >= 11 is 0. The van der Waals surface area contributed by atoms with Crippen molar-refractivity contribution in [2.24, 2.45) is 5.41 Å². The number of nitro groups is 1. The molecule has 2 N–H and O–H groups in total. The van der Waals surface area contributed by atoms with Gasteiger partial charge in [-0.05, 0) is 24.0 Å². The second-order valence-corrected chi connectivity index (χ2v) is 7.27. The Labute approximate surface area is 117 Å². The Morgan fingerprint density at radius 1 is 1.40 bits per heavy atom. The van der Waals surface area contributed by atoms with Gasteiger partial charge in [-0.1, -0.05) is 13.8 Å². The summed E-state index contributed by atoms with van der Waals surface area (Å²) in [5.74, 6) is 0. The molecule has 1 aromatic carbocycles. The molecule has 0 aromatic heterocycles. The van der Waals surface area contributed by atoms with Gasteiger partial charge in [0.05, 0.1) is 9.82 Å². The SMILES string of the molecule is CNc1ccc(S(=O)(=O)NC2CC2(C)C)cc1[N+](=O)[O-]. The minimum absolute atomic E-state index is 0.0517. The summed E-state index contributed by atoms with van der Waals surface area (Å²) in [5, 5.41) is 13.6. The van der Waals surface area contributed by atoms with Gasteiger partial charge in [0, 0.05) is 19.2 Å². The van der Waals surface area contributed by atoms with E-state index in [1.165, 1.54) is 12.1 Å². The molecule has 0 aliphatic heterocycles. The molecule has 1 aromatic rings. The van der Waals surface area contributed by atoms with Crippen molar-refractivity contribution in [1.29, 1.82) is 0 Å². The summed E-state index contributed by atoms with van der Waals surface area (Å²) in [6.45, 7) is 3.93. The Morgan fingerprint density at radius 3 is 2.45 bits per heavy atom. The van der Waals surface area contributed by atoms with E-state index in [0.29, 0.717) is 0 Å². The first-order chi connectivity index (χ1) is 9.17. The van der Waals surface area contributed by atoms with Crippen molar-refractivity contribution in [2.45, 2.75) is 31.2 Å². The lowest BCUT2D eigenvalue weighted by atomic mass is 10.2. The molecule has 2 rings (SSSR count). The van der Waals surface area contributed by atoms with Crippen LogP contribution in [0.1, 0.15) is 20.3 Å². The van der Waals surface area contributed by atoms with E-state index in [2.05, 4.69) is 10.0 Å². The van der Waals surface area contributed by atoms with Crippen molar-refractivity contribution in [3.63, 3.8) is 0 Å². The number of benzene rings is 1. The second kappa shape index (κ2) is 4.71. The van der Waals surface area contributed by atoms with E-state index in [4.69, 9.17) is 0 Å². The van der Waals surface area contributed by atoms with Crippen LogP contribution in [0.5, 0.6) is 0 Å². The van der Waals surface area contributed by atoms with Crippen molar-refractivity contribution in [3.8, 4) is 0 Å². The largest absolute Gasteiger partial charge is 0.383 e. The molecule has 110 valence electrons. The van der Waals surface area contributed by atoms with Gasteiger partial charge in [0.1, 0.15) is 5.69 Å². The Hall–Kier alpha value is -1.67. The Morgan fingerprint density at radius 2 is 2.00 bits per heavy atom. The fraction of sp³-hybridized carbons (Fsp3) is 0.500. The molecular formula is C12H17N3O4S. The van der Waals surface area contributed by atoms with Gasteiger partial charge >= 0.3 is 0 Å². The fourth-order valence-electron chi connectivity index (χ4n) is 1.96. The minimum Gasteiger partial charge on any atom is -0.383 e. The average Bonchev–Trinajstić information content (AvgIpc) is 2.94. The van der Waals surface area contributed by atoms with Crippen molar-refractivity contribution in [2.75, 3.05) is 12.4 Å². The molecule has 20 heavy (non-hydrogen) atoms. The van der Waals surface area contributed by atoms with E-state index >= 15 is 0 Å². The lowest BCUT2D eigenvalue weighted by molar-refractivity contribution is -0.384. The Kier molecular flexibility index (Phi) is 3.47. The molecule has 1 atom stereocenters. The average molecular weight is 299 g/mol. The molecule has 1 unspecified atom stereocenters. The zero-order valence-corrected chi connectivity index (χ0v) is 12.3. The van der Waals surface area contributed by atoms with Crippen LogP contribution in [0, 0.1) is 15.5 Å². The van der Waals surface area contributed by atoms with Gasteiger partial charge in [-0.25, -0.2) is 13.1 Å². The highest BCUT2D eigenvalue weighted by molar-refractivity contribution is 7.89. The number of anilines is 1. The van der Waals surface area contributed by atoms with Gasteiger partial charge in [0.25, 0.3) is 5.69 Å². The zero-order valence-electron chi connectivity index (χ0n) is 11.5. The molecule has 0 heterocycles.